The highest BCUT2D eigenvalue weighted by Gasteiger charge is 2.25. The number of nitrogens with one attached hydrogen (secondary N) is 1. The van der Waals surface area contributed by atoms with Gasteiger partial charge in [-0.3, -0.25) is 9.59 Å². The number of Topliss-reactive ketones (excluding diaryl/α,β-unsaturated/α-hetero) is 1. The highest BCUT2D eigenvalue weighted by molar-refractivity contribution is 8.00. The molecule has 7 nitrogen and oxygen atoms in total. The standard InChI is InChI=1S/C24H27FN4O3S/c1-14(2)29-22(16(4)32-21-12-7-6-11-20(21)25)27-28-24(29)33-17(5)23(31)26-19-10-8-9-18(13-19)15(3)30/h6-14,16-17H,1-5H3,(H,26,31). The molecular formula is C24H27FN4O3S. The van der Waals surface area contributed by atoms with Gasteiger partial charge >= 0.3 is 0 Å². The average Bonchev–Trinajstić information content (AvgIpc) is 3.19. The molecule has 0 aliphatic heterocycles. The van der Waals surface area contributed by atoms with E-state index in [0.29, 0.717) is 22.2 Å². The highest BCUT2D eigenvalue weighted by Crippen LogP contribution is 2.30. The predicted molar refractivity (Wildman–Crippen MR) is 126 cm³/mol. The van der Waals surface area contributed by atoms with E-state index in [1.807, 2.05) is 18.4 Å². The summed E-state index contributed by atoms with van der Waals surface area (Å²) in [5.74, 6) is -0.0710. The van der Waals surface area contributed by atoms with Gasteiger partial charge in [-0.1, -0.05) is 36.0 Å². The molecule has 0 spiro atoms. The molecule has 3 rings (SSSR count). The summed E-state index contributed by atoms with van der Waals surface area (Å²) >= 11 is 1.26. The zero-order valence-corrected chi connectivity index (χ0v) is 20.0. The van der Waals surface area contributed by atoms with Gasteiger partial charge in [-0.15, -0.1) is 10.2 Å². The SMILES string of the molecule is CC(=O)c1cccc(NC(=O)C(C)Sc2nnc(C(C)Oc3ccccc3F)n2C(C)C)c1. The molecule has 0 radical (unpaired) electrons. The van der Waals surface area contributed by atoms with E-state index in [1.54, 1.807) is 56.3 Å². The number of aromatic nitrogens is 3. The van der Waals surface area contributed by atoms with Crippen molar-refractivity contribution in [3.8, 4) is 5.75 Å². The summed E-state index contributed by atoms with van der Waals surface area (Å²) < 4.78 is 21.7. The van der Waals surface area contributed by atoms with Crippen molar-refractivity contribution in [2.45, 2.75) is 57.2 Å². The topological polar surface area (TPSA) is 86.1 Å². The van der Waals surface area contributed by atoms with Crippen molar-refractivity contribution in [3.63, 3.8) is 0 Å². The van der Waals surface area contributed by atoms with Crippen molar-refractivity contribution in [1.29, 1.82) is 0 Å². The van der Waals surface area contributed by atoms with Crippen molar-refractivity contribution in [2.24, 2.45) is 0 Å². The Hall–Kier alpha value is -3.20. The van der Waals surface area contributed by atoms with Gasteiger partial charge in [0.25, 0.3) is 0 Å². The van der Waals surface area contributed by atoms with Crippen LogP contribution in [0, 0.1) is 5.82 Å². The van der Waals surface area contributed by atoms with Crippen LogP contribution in [-0.4, -0.2) is 31.7 Å². The van der Waals surface area contributed by atoms with Gasteiger partial charge in [-0.25, -0.2) is 4.39 Å². The maximum Gasteiger partial charge on any atom is 0.237 e. The van der Waals surface area contributed by atoms with Gasteiger partial charge in [0.05, 0.1) is 5.25 Å². The van der Waals surface area contributed by atoms with Crippen LogP contribution in [0.25, 0.3) is 0 Å². The van der Waals surface area contributed by atoms with Crippen molar-refractivity contribution in [2.75, 3.05) is 5.32 Å². The molecule has 2 aromatic carbocycles. The number of carbonyl (C=O) groups is 2. The number of carbonyl (C=O) groups excluding carboxylic acids is 2. The molecule has 174 valence electrons. The molecule has 1 aromatic heterocycles. The minimum atomic E-state index is -0.551. The number of rotatable bonds is 9. The van der Waals surface area contributed by atoms with E-state index in [2.05, 4.69) is 15.5 Å². The molecule has 0 bridgehead atoms. The fourth-order valence-corrected chi connectivity index (χ4v) is 4.17. The molecule has 0 aliphatic carbocycles. The van der Waals surface area contributed by atoms with Crippen LogP contribution in [-0.2, 0) is 4.79 Å². The summed E-state index contributed by atoms with van der Waals surface area (Å²) in [4.78, 5) is 24.3. The number of anilines is 1. The molecule has 2 atom stereocenters. The Balaban J connectivity index is 1.74. The van der Waals surface area contributed by atoms with Gasteiger partial charge < -0.3 is 14.6 Å². The Kier molecular flexibility index (Phi) is 7.86. The third kappa shape index (κ3) is 5.98. The van der Waals surface area contributed by atoms with Crippen LogP contribution in [0.5, 0.6) is 5.75 Å². The van der Waals surface area contributed by atoms with Crippen molar-refractivity contribution >= 4 is 29.1 Å². The van der Waals surface area contributed by atoms with Crippen LogP contribution in [0.3, 0.4) is 0 Å². The number of amides is 1. The number of ketones is 1. The van der Waals surface area contributed by atoms with E-state index >= 15 is 0 Å². The number of benzene rings is 2. The highest BCUT2D eigenvalue weighted by atomic mass is 32.2. The summed E-state index contributed by atoms with van der Waals surface area (Å²) in [5.41, 5.74) is 1.08. The summed E-state index contributed by atoms with van der Waals surface area (Å²) in [7, 11) is 0. The van der Waals surface area contributed by atoms with E-state index in [9.17, 15) is 14.0 Å². The van der Waals surface area contributed by atoms with Crippen molar-refractivity contribution < 1.29 is 18.7 Å². The number of ether oxygens (including phenoxy) is 1. The Labute approximate surface area is 196 Å². The molecule has 3 aromatic rings. The Morgan fingerprint density at radius 2 is 1.79 bits per heavy atom. The van der Waals surface area contributed by atoms with E-state index < -0.39 is 17.2 Å². The first-order valence-corrected chi connectivity index (χ1v) is 11.5. The summed E-state index contributed by atoms with van der Waals surface area (Å²) in [6, 6.07) is 13.0. The molecule has 1 N–H and O–H groups in total. The zero-order valence-electron chi connectivity index (χ0n) is 19.2. The Bertz CT molecular complexity index is 1150. The number of hydrogen-bond donors (Lipinski definition) is 1. The maximum absolute atomic E-state index is 14.0. The lowest BCUT2D eigenvalue weighted by Gasteiger charge is -2.20. The molecule has 0 saturated carbocycles. The molecule has 1 amide bonds. The minimum absolute atomic E-state index is 0.00770. The number of thioether (sulfide) groups is 1. The monoisotopic (exact) mass is 470 g/mol. The largest absolute Gasteiger partial charge is 0.480 e. The van der Waals surface area contributed by atoms with E-state index in [4.69, 9.17) is 4.74 Å². The van der Waals surface area contributed by atoms with Crippen LogP contribution >= 0.6 is 11.8 Å². The smallest absolute Gasteiger partial charge is 0.237 e. The third-order valence-electron chi connectivity index (χ3n) is 4.90. The summed E-state index contributed by atoms with van der Waals surface area (Å²) in [6.45, 7) is 8.98. The molecule has 0 saturated heterocycles. The lowest BCUT2D eigenvalue weighted by Crippen LogP contribution is -2.23. The first-order valence-electron chi connectivity index (χ1n) is 10.6. The van der Waals surface area contributed by atoms with E-state index in [1.165, 1.54) is 24.8 Å². The van der Waals surface area contributed by atoms with E-state index in [-0.39, 0.29) is 23.5 Å². The first kappa shape index (κ1) is 24.4. The Morgan fingerprint density at radius 1 is 1.06 bits per heavy atom. The van der Waals surface area contributed by atoms with Crippen LogP contribution in [0.2, 0.25) is 0 Å². The maximum atomic E-state index is 14.0. The van der Waals surface area contributed by atoms with Crippen LogP contribution in [0.1, 0.15) is 62.9 Å². The molecule has 9 heteroatoms. The zero-order chi connectivity index (χ0) is 24.1. The van der Waals surface area contributed by atoms with Crippen molar-refractivity contribution in [3.05, 3.63) is 65.7 Å². The van der Waals surface area contributed by atoms with Gasteiger partial charge in [0.15, 0.2) is 34.4 Å². The second-order valence-corrected chi connectivity index (χ2v) is 9.19. The summed E-state index contributed by atoms with van der Waals surface area (Å²) in [6.07, 6.45) is -0.551. The number of nitrogens with zero attached hydrogens (tertiary/aromatic N) is 3. The number of halogens is 1. The van der Waals surface area contributed by atoms with Gasteiger partial charge in [0.1, 0.15) is 0 Å². The van der Waals surface area contributed by atoms with Crippen LogP contribution in [0.15, 0.2) is 53.7 Å². The van der Waals surface area contributed by atoms with Crippen LogP contribution in [0.4, 0.5) is 10.1 Å². The molecule has 2 unspecified atom stereocenters. The quantitative estimate of drug-likeness (QED) is 0.330. The van der Waals surface area contributed by atoms with E-state index in [0.717, 1.165) is 0 Å². The fraction of sp³-hybridized carbons (Fsp3) is 0.333. The lowest BCUT2D eigenvalue weighted by atomic mass is 10.1. The van der Waals surface area contributed by atoms with Gasteiger partial charge in [-0.2, -0.15) is 0 Å². The normalized spacial score (nSPS) is 12.9. The average molecular weight is 471 g/mol. The second-order valence-electron chi connectivity index (χ2n) is 7.88. The summed E-state index contributed by atoms with van der Waals surface area (Å²) in [5, 5.41) is 11.4. The number of para-hydroxylation sites is 1. The third-order valence-corrected chi connectivity index (χ3v) is 5.96. The fourth-order valence-electron chi connectivity index (χ4n) is 3.19. The molecule has 0 fully saturated rings. The van der Waals surface area contributed by atoms with Crippen molar-refractivity contribution in [1.82, 2.24) is 14.8 Å². The predicted octanol–water partition coefficient (Wildman–Crippen LogP) is 5.46. The molecular weight excluding hydrogens is 443 g/mol. The lowest BCUT2D eigenvalue weighted by molar-refractivity contribution is -0.115. The minimum Gasteiger partial charge on any atom is -0.480 e. The molecule has 1 heterocycles. The molecule has 0 aliphatic rings. The molecule has 33 heavy (non-hydrogen) atoms. The van der Waals surface area contributed by atoms with Gasteiger partial charge in [-0.05, 0) is 58.9 Å². The van der Waals surface area contributed by atoms with Crippen LogP contribution < -0.4 is 10.1 Å². The van der Waals surface area contributed by atoms with Gasteiger partial charge in [0, 0.05) is 17.3 Å². The van der Waals surface area contributed by atoms with Gasteiger partial charge in [0.2, 0.25) is 5.91 Å². The number of hydrogen-bond acceptors (Lipinski definition) is 6. The Morgan fingerprint density at radius 3 is 2.45 bits per heavy atom. The second kappa shape index (κ2) is 10.6. The first-order chi connectivity index (χ1) is 15.7.